The van der Waals surface area contributed by atoms with Crippen LogP contribution in [0.1, 0.15) is 12.0 Å². The molecule has 4 heteroatoms. The van der Waals surface area contributed by atoms with E-state index in [0.29, 0.717) is 6.61 Å². The zero-order valence-electron chi connectivity index (χ0n) is 17.4. The van der Waals surface area contributed by atoms with Gasteiger partial charge in [-0.05, 0) is 54.1 Å². The summed E-state index contributed by atoms with van der Waals surface area (Å²) in [6.45, 7) is 0.862. The number of hydrogen-bond acceptors (Lipinski definition) is 3. The molecule has 4 aromatic carbocycles. The Bertz CT molecular complexity index is 1120. The van der Waals surface area contributed by atoms with Gasteiger partial charge in [0.25, 0.3) is 0 Å². The van der Waals surface area contributed by atoms with Crippen molar-refractivity contribution in [3.8, 4) is 5.75 Å². The molecule has 0 radical (unpaired) electrons. The first-order valence-electron chi connectivity index (χ1n) is 10.6. The number of hydrogen-bond donors (Lipinski definition) is 2. The first-order chi connectivity index (χ1) is 15.3. The molecule has 0 aliphatic rings. The van der Waals surface area contributed by atoms with Crippen molar-refractivity contribution in [2.45, 2.75) is 12.8 Å². The lowest BCUT2D eigenvalue weighted by Crippen LogP contribution is -2.21. The fourth-order valence-electron chi connectivity index (χ4n) is 3.51. The molecule has 0 saturated carbocycles. The minimum atomic E-state index is -0.0931. The summed E-state index contributed by atoms with van der Waals surface area (Å²) in [6, 6.07) is 32.1. The van der Waals surface area contributed by atoms with Gasteiger partial charge in [-0.15, -0.1) is 0 Å². The Morgan fingerprint density at radius 1 is 0.774 bits per heavy atom. The topological polar surface area (TPSA) is 50.4 Å². The van der Waals surface area contributed by atoms with E-state index in [0.717, 1.165) is 40.7 Å². The van der Waals surface area contributed by atoms with E-state index >= 15 is 0 Å². The van der Waals surface area contributed by atoms with Crippen LogP contribution in [0, 0.1) is 0 Å². The highest BCUT2D eigenvalue weighted by atomic mass is 16.5. The number of amides is 1. The van der Waals surface area contributed by atoms with Crippen LogP contribution in [0.4, 0.5) is 11.4 Å². The van der Waals surface area contributed by atoms with E-state index in [1.807, 2.05) is 60.7 Å². The van der Waals surface area contributed by atoms with Crippen LogP contribution in [0.15, 0.2) is 97.1 Å². The van der Waals surface area contributed by atoms with Crippen LogP contribution in [-0.4, -0.2) is 19.1 Å². The summed E-state index contributed by atoms with van der Waals surface area (Å²) in [6.07, 6.45) is 1.96. The van der Waals surface area contributed by atoms with Gasteiger partial charge in [-0.25, -0.2) is 0 Å². The summed E-state index contributed by atoms with van der Waals surface area (Å²) in [5.74, 6) is 0.712. The van der Waals surface area contributed by atoms with E-state index in [-0.39, 0.29) is 12.5 Å². The number of benzene rings is 4. The monoisotopic (exact) mass is 410 g/mol. The smallest absolute Gasteiger partial charge is 0.243 e. The van der Waals surface area contributed by atoms with Crippen molar-refractivity contribution in [3.05, 3.63) is 103 Å². The number of fused-ring (bicyclic) bond motifs is 1. The van der Waals surface area contributed by atoms with Crippen LogP contribution in [-0.2, 0) is 11.2 Å². The van der Waals surface area contributed by atoms with Gasteiger partial charge < -0.3 is 15.4 Å². The zero-order chi connectivity index (χ0) is 21.3. The van der Waals surface area contributed by atoms with E-state index < -0.39 is 0 Å². The number of anilines is 2. The maximum Gasteiger partial charge on any atom is 0.243 e. The zero-order valence-corrected chi connectivity index (χ0v) is 17.4. The van der Waals surface area contributed by atoms with Gasteiger partial charge in [0.05, 0.1) is 13.2 Å². The highest BCUT2D eigenvalue weighted by Crippen LogP contribution is 2.23. The lowest BCUT2D eigenvalue weighted by molar-refractivity contribution is -0.114. The molecule has 0 unspecified atom stereocenters. The largest absolute Gasteiger partial charge is 0.494 e. The molecule has 0 bridgehead atoms. The van der Waals surface area contributed by atoms with Crippen molar-refractivity contribution in [2.24, 2.45) is 0 Å². The fourth-order valence-corrected chi connectivity index (χ4v) is 3.51. The molecule has 0 aliphatic heterocycles. The summed E-state index contributed by atoms with van der Waals surface area (Å²) in [5.41, 5.74) is 3.02. The Morgan fingerprint density at radius 2 is 1.52 bits per heavy atom. The van der Waals surface area contributed by atoms with Gasteiger partial charge >= 0.3 is 0 Å². The third-order valence-electron chi connectivity index (χ3n) is 5.09. The van der Waals surface area contributed by atoms with Crippen LogP contribution < -0.4 is 15.4 Å². The third-order valence-corrected chi connectivity index (χ3v) is 5.09. The second kappa shape index (κ2) is 10.3. The molecule has 1 amide bonds. The molecule has 4 nitrogen and oxygen atoms in total. The van der Waals surface area contributed by atoms with E-state index in [2.05, 4.69) is 47.0 Å². The van der Waals surface area contributed by atoms with E-state index in [1.54, 1.807) is 0 Å². The van der Waals surface area contributed by atoms with Gasteiger partial charge in [-0.3, -0.25) is 4.79 Å². The summed E-state index contributed by atoms with van der Waals surface area (Å²) < 4.78 is 5.81. The quantitative estimate of drug-likeness (QED) is 0.338. The van der Waals surface area contributed by atoms with Gasteiger partial charge in [-0.2, -0.15) is 0 Å². The molecule has 0 aromatic heterocycles. The van der Waals surface area contributed by atoms with Crippen LogP contribution in [0.25, 0.3) is 10.8 Å². The molecule has 2 N–H and O–H groups in total. The average Bonchev–Trinajstić information content (AvgIpc) is 2.82. The predicted molar refractivity (Wildman–Crippen MR) is 128 cm³/mol. The molecular weight excluding hydrogens is 384 g/mol. The van der Waals surface area contributed by atoms with Crippen LogP contribution in [0.3, 0.4) is 0 Å². The second-order valence-electron chi connectivity index (χ2n) is 7.39. The number of carbonyl (C=O) groups is 1. The summed E-state index contributed by atoms with van der Waals surface area (Å²) in [4.78, 5) is 12.3. The van der Waals surface area contributed by atoms with E-state index in [1.165, 1.54) is 5.56 Å². The molecule has 0 fully saturated rings. The van der Waals surface area contributed by atoms with Gasteiger partial charge in [0, 0.05) is 16.8 Å². The summed E-state index contributed by atoms with van der Waals surface area (Å²) in [7, 11) is 0. The van der Waals surface area contributed by atoms with Crippen molar-refractivity contribution in [1.29, 1.82) is 0 Å². The standard InChI is InChI=1S/C27H26N2O2/c30-27(20-28-26-14-6-12-22-11-4-5-13-25(22)26)29-23-15-17-24(18-16-23)31-19-7-10-21-8-2-1-3-9-21/h1-6,8-9,11-18,28H,7,10,19-20H2,(H,29,30). The molecule has 0 spiro atoms. The SMILES string of the molecule is O=C(CNc1cccc2ccccc12)Nc1ccc(OCCCc2ccccc2)cc1. The van der Waals surface area contributed by atoms with Gasteiger partial charge in [0.2, 0.25) is 5.91 Å². The lowest BCUT2D eigenvalue weighted by atomic mass is 10.1. The molecular formula is C27H26N2O2. The normalized spacial score (nSPS) is 10.6. The predicted octanol–water partition coefficient (Wildman–Crippen LogP) is 5.90. The Kier molecular flexibility index (Phi) is 6.81. The molecule has 156 valence electrons. The van der Waals surface area contributed by atoms with Crippen molar-refractivity contribution >= 4 is 28.1 Å². The number of aryl methyl sites for hydroxylation is 1. The van der Waals surface area contributed by atoms with Crippen molar-refractivity contribution < 1.29 is 9.53 Å². The fraction of sp³-hybridized carbons (Fsp3) is 0.148. The van der Waals surface area contributed by atoms with Crippen molar-refractivity contribution in [3.63, 3.8) is 0 Å². The highest BCUT2D eigenvalue weighted by Gasteiger charge is 2.05. The van der Waals surface area contributed by atoms with Gasteiger partial charge in [-0.1, -0.05) is 66.7 Å². The first kappa shape index (κ1) is 20.5. The molecule has 0 aliphatic carbocycles. The molecule has 0 atom stereocenters. The van der Waals surface area contributed by atoms with Gasteiger partial charge in [0.1, 0.15) is 5.75 Å². The maximum absolute atomic E-state index is 12.3. The third kappa shape index (κ3) is 5.86. The Morgan fingerprint density at radius 3 is 2.35 bits per heavy atom. The van der Waals surface area contributed by atoms with E-state index in [9.17, 15) is 4.79 Å². The number of carbonyl (C=O) groups excluding carboxylic acids is 1. The summed E-state index contributed by atoms with van der Waals surface area (Å²) >= 11 is 0. The highest BCUT2D eigenvalue weighted by molar-refractivity contribution is 5.97. The number of nitrogens with one attached hydrogen (secondary N) is 2. The number of rotatable bonds is 9. The Labute approximate surface area is 182 Å². The Balaban J connectivity index is 1.22. The van der Waals surface area contributed by atoms with Crippen LogP contribution >= 0.6 is 0 Å². The first-order valence-corrected chi connectivity index (χ1v) is 10.6. The molecule has 0 heterocycles. The van der Waals surface area contributed by atoms with E-state index in [4.69, 9.17) is 4.74 Å². The molecule has 0 saturated heterocycles. The summed E-state index contributed by atoms with van der Waals surface area (Å²) in [5, 5.41) is 8.40. The molecule has 4 rings (SSSR count). The second-order valence-corrected chi connectivity index (χ2v) is 7.39. The maximum atomic E-state index is 12.3. The average molecular weight is 411 g/mol. The number of ether oxygens (including phenoxy) is 1. The molecule has 31 heavy (non-hydrogen) atoms. The van der Waals surface area contributed by atoms with Crippen molar-refractivity contribution in [2.75, 3.05) is 23.8 Å². The lowest BCUT2D eigenvalue weighted by Gasteiger charge is -2.11. The Hall–Kier alpha value is -3.79. The van der Waals surface area contributed by atoms with Gasteiger partial charge in [0.15, 0.2) is 0 Å². The minimum absolute atomic E-state index is 0.0931. The van der Waals surface area contributed by atoms with Crippen LogP contribution in [0.2, 0.25) is 0 Å². The van der Waals surface area contributed by atoms with Crippen molar-refractivity contribution in [1.82, 2.24) is 0 Å². The minimum Gasteiger partial charge on any atom is -0.494 e. The molecule has 4 aromatic rings. The van der Waals surface area contributed by atoms with Crippen LogP contribution in [0.5, 0.6) is 5.75 Å².